The van der Waals surface area contributed by atoms with Crippen molar-refractivity contribution < 1.29 is 61.8 Å². The van der Waals surface area contributed by atoms with Gasteiger partial charge in [0.1, 0.15) is 26.4 Å². The van der Waals surface area contributed by atoms with Crippen molar-refractivity contribution in [2.24, 2.45) is 0 Å². The highest BCUT2D eigenvalue weighted by atomic mass is 16.6. The van der Waals surface area contributed by atoms with Crippen LogP contribution in [0.2, 0.25) is 0 Å². The fourth-order valence-electron chi connectivity index (χ4n) is 5.27. The molecular weight excluding hydrogens is 708 g/mol. The van der Waals surface area contributed by atoms with Crippen LogP contribution in [0, 0.1) is 10.1 Å². The van der Waals surface area contributed by atoms with Gasteiger partial charge >= 0.3 is 0 Å². The minimum absolute atomic E-state index is 0.0328. The Morgan fingerprint density at radius 2 is 0.648 bits per heavy atom. The smallest absolute Gasteiger partial charge is 0.269 e. The molecule has 2 aliphatic rings. The standard InChI is InChI=1S/C38H50N2O14/c41-40(42)32-3-1-31(2-4-32)39(33-5-7-35-37(29-33)53-27-23-49-19-15-45-11-9-43-13-17-47-21-25-51-35)34-6-8-36-38(30-34)54-28-24-50-20-16-46-12-10-44-14-18-48-22-26-52-36/h1-8,29-30H,9-28H2. The summed E-state index contributed by atoms with van der Waals surface area (Å²) in [5, 5.41) is 11.5. The van der Waals surface area contributed by atoms with E-state index >= 15 is 0 Å². The van der Waals surface area contributed by atoms with E-state index < -0.39 is 4.92 Å². The van der Waals surface area contributed by atoms with E-state index in [4.69, 9.17) is 56.8 Å². The molecule has 0 saturated carbocycles. The Hall–Kier alpha value is -4.26. The molecule has 2 aliphatic heterocycles. The Morgan fingerprint density at radius 1 is 0.370 bits per heavy atom. The normalized spacial score (nSPS) is 18.5. The number of fused-ring (bicyclic) bond motifs is 2. The van der Waals surface area contributed by atoms with E-state index in [2.05, 4.69) is 0 Å². The highest BCUT2D eigenvalue weighted by molar-refractivity contribution is 5.79. The average molecular weight is 759 g/mol. The second-order valence-electron chi connectivity index (χ2n) is 11.7. The number of hydrogen-bond donors (Lipinski definition) is 0. The maximum absolute atomic E-state index is 11.5. The molecule has 54 heavy (non-hydrogen) atoms. The van der Waals surface area contributed by atoms with Gasteiger partial charge in [-0.3, -0.25) is 10.1 Å². The number of nitro benzene ring substituents is 1. The van der Waals surface area contributed by atoms with E-state index in [0.717, 1.165) is 0 Å². The first-order valence-electron chi connectivity index (χ1n) is 18.1. The molecule has 16 nitrogen and oxygen atoms in total. The zero-order valence-electron chi connectivity index (χ0n) is 30.5. The van der Waals surface area contributed by atoms with Gasteiger partial charge in [-0.15, -0.1) is 0 Å². The molecule has 0 aromatic heterocycles. The molecular formula is C38H50N2O14. The van der Waals surface area contributed by atoms with Crippen LogP contribution in [0.5, 0.6) is 23.0 Å². The van der Waals surface area contributed by atoms with Gasteiger partial charge in [0.05, 0.1) is 122 Å². The fraction of sp³-hybridized carbons (Fsp3) is 0.526. The Morgan fingerprint density at radius 3 is 0.963 bits per heavy atom. The van der Waals surface area contributed by atoms with E-state index in [1.807, 2.05) is 41.3 Å². The average Bonchev–Trinajstić information content (AvgIpc) is 3.18. The summed E-state index contributed by atoms with van der Waals surface area (Å²) in [5.41, 5.74) is 2.00. The van der Waals surface area contributed by atoms with E-state index in [-0.39, 0.29) is 18.9 Å². The zero-order chi connectivity index (χ0) is 37.5. The summed E-state index contributed by atoms with van der Waals surface area (Å²) < 4.78 is 69.5. The summed E-state index contributed by atoms with van der Waals surface area (Å²) in [6.45, 7) is 7.86. The van der Waals surface area contributed by atoms with Gasteiger partial charge < -0.3 is 61.7 Å². The Bertz CT molecular complexity index is 1430. The van der Waals surface area contributed by atoms with Crippen molar-refractivity contribution in [3.8, 4) is 23.0 Å². The lowest BCUT2D eigenvalue weighted by Gasteiger charge is -2.27. The van der Waals surface area contributed by atoms with Crippen molar-refractivity contribution in [1.82, 2.24) is 0 Å². The number of nitrogens with zero attached hydrogens (tertiary/aromatic N) is 2. The lowest BCUT2D eigenvalue weighted by atomic mass is 10.1. The highest BCUT2D eigenvalue weighted by Gasteiger charge is 2.20. The van der Waals surface area contributed by atoms with Crippen LogP contribution in [0.4, 0.5) is 22.7 Å². The maximum atomic E-state index is 11.5. The Balaban J connectivity index is 1.42. The van der Waals surface area contributed by atoms with Crippen LogP contribution in [0.15, 0.2) is 60.7 Å². The van der Waals surface area contributed by atoms with Gasteiger partial charge in [0.2, 0.25) is 0 Å². The molecule has 0 fully saturated rings. The van der Waals surface area contributed by atoms with E-state index in [1.165, 1.54) is 12.1 Å². The van der Waals surface area contributed by atoms with Crippen molar-refractivity contribution in [3.05, 3.63) is 70.8 Å². The predicted molar refractivity (Wildman–Crippen MR) is 196 cm³/mol. The summed E-state index contributed by atoms with van der Waals surface area (Å²) >= 11 is 0. The van der Waals surface area contributed by atoms with Crippen molar-refractivity contribution in [1.29, 1.82) is 0 Å². The van der Waals surface area contributed by atoms with Crippen LogP contribution in [0.1, 0.15) is 0 Å². The third-order valence-electron chi connectivity index (χ3n) is 7.86. The molecule has 3 aromatic carbocycles. The molecule has 0 N–H and O–H groups in total. The molecule has 0 amide bonds. The van der Waals surface area contributed by atoms with Crippen LogP contribution >= 0.6 is 0 Å². The number of nitro groups is 1. The first kappa shape index (κ1) is 40.9. The van der Waals surface area contributed by atoms with Crippen molar-refractivity contribution in [2.45, 2.75) is 0 Å². The first-order valence-corrected chi connectivity index (χ1v) is 18.1. The molecule has 0 unspecified atom stereocenters. The minimum Gasteiger partial charge on any atom is -0.487 e. The largest absolute Gasteiger partial charge is 0.487 e. The highest BCUT2D eigenvalue weighted by Crippen LogP contribution is 2.42. The van der Waals surface area contributed by atoms with Crippen LogP contribution in [-0.2, 0) is 37.9 Å². The monoisotopic (exact) mass is 758 g/mol. The van der Waals surface area contributed by atoms with E-state index in [1.54, 1.807) is 12.1 Å². The van der Waals surface area contributed by atoms with Gasteiger partial charge in [-0.25, -0.2) is 0 Å². The number of hydrogen-bond acceptors (Lipinski definition) is 15. The Kier molecular flexibility index (Phi) is 18.3. The van der Waals surface area contributed by atoms with Gasteiger partial charge in [-0.2, -0.15) is 0 Å². The van der Waals surface area contributed by atoms with Crippen molar-refractivity contribution >= 4 is 22.7 Å². The van der Waals surface area contributed by atoms with Crippen LogP contribution in [-0.4, -0.2) is 137 Å². The molecule has 0 aliphatic carbocycles. The van der Waals surface area contributed by atoms with Gasteiger partial charge in [-0.05, 0) is 36.4 Å². The summed E-state index contributed by atoms with van der Waals surface area (Å²) in [6, 6.07) is 17.4. The molecule has 0 saturated heterocycles. The lowest BCUT2D eigenvalue weighted by Crippen LogP contribution is -2.16. The lowest BCUT2D eigenvalue weighted by molar-refractivity contribution is -0.384. The molecule has 5 rings (SSSR count). The third kappa shape index (κ3) is 14.2. The van der Waals surface area contributed by atoms with Gasteiger partial charge in [-0.1, -0.05) is 0 Å². The van der Waals surface area contributed by atoms with Gasteiger partial charge in [0.15, 0.2) is 23.0 Å². The molecule has 0 spiro atoms. The zero-order valence-corrected chi connectivity index (χ0v) is 30.5. The molecule has 296 valence electrons. The number of anilines is 3. The number of benzene rings is 3. The second-order valence-corrected chi connectivity index (χ2v) is 11.7. The van der Waals surface area contributed by atoms with Crippen LogP contribution in [0.25, 0.3) is 0 Å². The SMILES string of the molecule is O=[N+]([O-])c1ccc(N(c2ccc3c(c2)OCCOCCOCCOCCOCCO3)c2ccc3c(c2)OCCOCCOCCOCCOCCO3)cc1. The summed E-state index contributed by atoms with van der Waals surface area (Å²) in [6.07, 6.45) is 0. The maximum Gasteiger partial charge on any atom is 0.269 e. The molecule has 16 heteroatoms. The third-order valence-corrected chi connectivity index (χ3v) is 7.86. The molecule has 0 radical (unpaired) electrons. The topological polar surface area (TPSA) is 157 Å². The molecule has 0 bridgehead atoms. The van der Waals surface area contributed by atoms with Crippen LogP contribution in [0.3, 0.4) is 0 Å². The predicted octanol–water partition coefficient (Wildman–Crippen LogP) is 4.74. The van der Waals surface area contributed by atoms with Gasteiger partial charge in [0.25, 0.3) is 5.69 Å². The van der Waals surface area contributed by atoms with E-state index in [9.17, 15) is 10.1 Å². The molecule has 3 aromatic rings. The number of rotatable bonds is 4. The first-order chi connectivity index (χ1) is 26.7. The Labute approximate surface area is 315 Å². The molecule has 2 heterocycles. The summed E-state index contributed by atoms with van der Waals surface area (Å²) in [7, 11) is 0. The fourth-order valence-corrected chi connectivity index (χ4v) is 5.27. The van der Waals surface area contributed by atoms with Crippen molar-refractivity contribution in [3.63, 3.8) is 0 Å². The van der Waals surface area contributed by atoms with Crippen molar-refractivity contribution in [2.75, 3.05) is 137 Å². The second kappa shape index (κ2) is 24.2. The van der Waals surface area contributed by atoms with Gasteiger partial charge in [0, 0.05) is 30.0 Å². The number of non-ortho nitro benzene ring substituents is 1. The summed E-state index contributed by atoms with van der Waals surface area (Å²) in [4.78, 5) is 13.0. The number of ether oxygens (including phenoxy) is 12. The minimum atomic E-state index is -0.432. The quantitative estimate of drug-likeness (QED) is 0.265. The van der Waals surface area contributed by atoms with E-state index in [0.29, 0.717) is 159 Å². The van der Waals surface area contributed by atoms with Crippen LogP contribution < -0.4 is 23.8 Å². The molecule has 0 atom stereocenters. The summed E-state index contributed by atoms with van der Waals surface area (Å²) in [5.74, 6) is 1.99.